The number of carbonyl (C=O) groups excluding carboxylic acids is 1. The number of benzene rings is 2. The van der Waals surface area contributed by atoms with Crippen molar-refractivity contribution in [2.24, 2.45) is 0 Å². The molecule has 0 spiro atoms. The summed E-state index contributed by atoms with van der Waals surface area (Å²) in [7, 11) is 1.30. The van der Waals surface area contributed by atoms with Gasteiger partial charge in [-0.15, -0.1) is 0 Å². The Labute approximate surface area is 132 Å². The van der Waals surface area contributed by atoms with E-state index >= 15 is 0 Å². The summed E-state index contributed by atoms with van der Waals surface area (Å²) in [6.07, 6.45) is 0. The average Bonchev–Trinajstić information content (AvgIpc) is 2.43. The first-order valence-corrected chi connectivity index (χ1v) is 6.81. The SMILES string of the molecule is COC(=O)c1c(N)cccc1COc1cc(Cl)cc(Cl)c1. The lowest BCUT2D eigenvalue weighted by Crippen LogP contribution is -2.11. The maximum absolute atomic E-state index is 11.8. The summed E-state index contributed by atoms with van der Waals surface area (Å²) in [5.74, 6) is 0.00145. The van der Waals surface area contributed by atoms with Crippen LogP contribution in [0, 0.1) is 0 Å². The van der Waals surface area contributed by atoms with Crippen molar-refractivity contribution in [3.05, 3.63) is 57.6 Å². The number of hydrogen-bond donors (Lipinski definition) is 1. The Bertz CT molecular complexity index is 654. The molecule has 4 nitrogen and oxygen atoms in total. The lowest BCUT2D eigenvalue weighted by molar-refractivity contribution is 0.0599. The Hall–Kier alpha value is -1.91. The van der Waals surface area contributed by atoms with Gasteiger partial charge in [0.15, 0.2) is 0 Å². The van der Waals surface area contributed by atoms with Crippen LogP contribution < -0.4 is 10.5 Å². The zero-order chi connectivity index (χ0) is 15.4. The van der Waals surface area contributed by atoms with Crippen LogP contribution in [0.15, 0.2) is 36.4 Å². The molecule has 2 N–H and O–H groups in total. The minimum atomic E-state index is -0.504. The standard InChI is InChI=1S/C15H13Cl2NO3/c1-20-15(19)14-9(3-2-4-13(14)18)8-21-12-6-10(16)5-11(17)7-12/h2-7H,8,18H2,1H3. The Kier molecular flexibility index (Phi) is 4.94. The van der Waals surface area contributed by atoms with Gasteiger partial charge in [-0.3, -0.25) is 0 Å². The van der Waals surface area contributed by atoms with Crippen molar-refractivity contribution in [2.45, 2.75) is 6.61 Å². The van der Waals surface area contributed by atoms with Gasteiger partial charge in [0, 0.05) is 21.3 Å². The highest BCUT2D eigenvalue weighted by Gasteiger charge is 2.15. The quantitative estimate of drug-likeness (QED) is 0.683. The van der Waals surface area contributed by atoms with Crippen LogP contribution >= 0.6 is 23.2 Å². The van der Waals surface area contributed by atoms with Gasteiger partial charge >= 0.3 is 5.97 Å². The minimum Gasteiger partial charge on any atom is -0.489 e. The molecule has 0 radical (unpaired) electrons. The highest BCUT2D eigenvalue weighted by Crippen LogP contribution is 2.26. The molecule has 0 bridgehead atoms. The van der Waals surface area contributed by atoms with Gasteiger partial charge in [-0.05, 0) is 24.3 Å². The molecule has 2 rings (SSSR count). The van der Waals surface area contributed by atoms with Crippen molar-refractivity contribution in [3.8, 4) is 5.75 Å². The van der Waals surface area contributed by atoms with Gasteiger partial charge in [0.05, 0.1) is 12.7 Å². The van der Waals surface area contributed by atoms with Crippen molar-refractivity contribution in [3.63, 3.8) is 0 Å². The van der Waals surface area contributed by atoms with Gasteiger partial charge in [-0.25, -0.2) is 4.79 Å². The van der Waals surface area contributed by atoms with E-state index in [1.165, 1.54) is 7.11 Å². The van der Waals surface area contributed by atoms with Crippen LogP contribution in [0.25, 0.3) is 0 Å². The van der Waals surface area contributed by atoms with Gasteiger partial charge in [0.1, 0.15) is 12.4 Å². The first-order valence-electron chi connectivity index (χ1n) is 6.06. The third-order valence-corrected chi connectivity index (χ3v) is 3.24. The number of rotatable bonds is 4. The molecule has 0 aliphatic rings. The Morgan fingerprint density at radius 1 is 1.19 bits per heavy atom. The fourth-order valence-electron chi connectivity index (χ4n) is 1.86. The molecule has 0 amide bonds. The normalized spacial score (nSPS) is 10.2. The number of anilines is 1. The van der Waals surface area contributed by atoms with Crippen molar-refractivity contribution in [1.29, 1.82) is 0 Å². The van der Waals surface area contributed by atoms with E-state index in [1.54, 1.807) is 36.4 Å². The van der Waals surface area contributed by atoms with Gasteiger partial charge in [-0.1, -0.05) is 35.3 Å². The van der Waals surface area contributed by atoms with Gasteiger partial charge in [0.25, 0.3) is 0 Å². The largest absolute Gasteiger partial charge is 0.489 e. The van der Waals surface area contributed by atoms with Crippen LogP contribution in [-0.4, -0.2) is 13.1 Å². The van der Waals surface area contributed by atoms with E-state index in [-0.39, 0.29) is 6.61 Å². The van der Waals surface area contributed by atoms with Crippen LogP contribution in [0.4, 0.5) is 5.69 Å². The summed E-state index contributed by atoms with van der Waals surface area (Å²) in [6.45, 7) is 0.145. The van der Waals surface area contributed by atoms with E-state index in [1.807, 2.05) is 0 Å². The van der Waals surface area contributed by atoms with E-state index in [0.717, 1.165) is 0 Å². The molecule has 2 aromatic rings. The van der Waals surface area contributed by atoms with E-state index in [2.05, 4.69) is 0 Å². The maximum atomic E-state index is 11.8. The molecule has 0 aliphatic carbocycles. The van der Waals surface area contributed by atoms with Crippen molar-refractivity contribution in [1.82, 2.24) is 0 Å². The maximum Gasteiger partial charge on any atom is 0.340 e. The molecule has 0 unspecified atom stereocenters. The highest BCUT2D eigenvalue weighted by molar-refractivity contribution is 6.34. The number of halogens is 2. The lowest BCUT2D eigenvalue weighted by atomic mass is 10.1. The molecule has 0 fully saturated rings. The average molecular weight is 326 g/mol. The van der Waals surface area contributed by atoms with Gasteiger partial charge < -0.3 is 15.2 Å². The molecule has 6 heteroatoms. The number of carbonyl (C=O) groups is 1. The Balaban J connectivity index is 2.24. The summed E-state index contributed by atoms with van der Waals surface area (Å²) in [5, 5.41) is 0.941. The molecular formula is C15H13Cl2NO3. The number of nitrogens with two attached hydrogens (primary N) is 1. The second-order valence-corrected chi connectivity index (χ2v) is 5.14. The first-order chi connectivity index (χ1) is 10.0. The second-order valence-electron chi connectivity index (χ2n) is 4.27. The van der Waals surface area contributed by atoms with Crippen LogP contribution in [0.3, 0.4) is 0 Å². The second kappa shape index (κ2) is 6.70. The van der Waals surface area contributed by atoms with E-state index in [0.29, 0.717) is 32.6 Å². The fraction of sp³-hybridized carbons (Fsp3) is 0.133. The van der Waals surface area contributed by atoms with E-state index < -0.39 is 5.97 Å². The van der Waals surface area contributed by atoms with Crippen LogP contribution in [0.5, 0.6) is 5.75 Å². The Morgan fingerprint density at radius 2 is 1.86 bits per heavy atom. The molecule has 0 aliphatic heterocycles. The fourth-order valence-corrected chi connectivity index (χ4v) is 2.37. The summed E-state index contributed by atoms with van der Waals surface area (Å²) in [6, 6.07) is 10.00. The molecule has 2 aromatic carbocycles. The molecule has 21 heavy (non-hydrogen) atoms. The van der Waals surface area contributed by atoms with Gasteiger partial charge in [-0.2, -0.15) is 0 Å². The molecule has 0 aromatic heterocycles. The minimum absolute atomic E-state index is 0.145. The van der Waals surface area contributed by atoms with Gasteiger partial charge in [0.2, 0.25) is 0 Å². The summed E-state index contributed by atoms with van der Waals surface area (Å²) in [4.78, 5) is 11.8. The van der Waals surface area contributed by atoms with Crippen molar-refractivity contribution in [2.75, 3.05) is 12.8 Å². The zero-order valence-corrected chi connectivity index (χ0v) is 12.7. The van der Waals surface area contributed by atoms with Crippen LogP contribution in [0.2, 0.25) is 10.0 Å². The van der Waals surface area contributed by atoms with E-state index in [4.69, 9.17) is 38.4 Å². The first kappa shape index (κ1) is 15.5. The topological polar surface area (TPSA) is 61.5 Å². The molecule has 0 heterocycles. The predicted molar refractivity (Wildman–Crippen MR) is 83.0 cm³/mol. The molecule has 110 valence electrons. The molecule has 0 atom stereocenters. The summed E-state index contributed by atoms with van der Waals surface area (Å²) >= 11 is 11.8. The highest BCUT2D eigenvalue weighted by atomic mass is 35.5. The van der Waals surface area contributed by atoms with E-state index in [9.17, 15) is 4.79 Å². The third-order valence-electron chi connectivity index (χ3n) is 2.80. The summed E-state index contributed by atoms with van der Waals surface area (Å²) < 4.78 is 10.3. The smallest absolute Gasteiger partial charge is 0.340 e. The van der Waals surface area contributed by atoms with Crippen molar-refractivity contribution < 1.29 is 14.3 Å². The zero-order valence-electron chi connectivity index (χ0n) is 11.2. The van der Waals surface area contributed by atoms with Crippen LogP contribution in [-0.2, 0) is 11.3 Å². The monoisotopic (exact) mass is 325 g/mol. The predicted octanol–water partition coefficient (Wildman–Crippen LogP) is 3.94. The number of methoxy groups -OCH3 is 1. The van der Waals surface area contributed by atoms with Crippen LogP contribution in [0.1, 0.15) is 15.9 Å². The number of ether oxygens (including phenoxy) is 2. The molecule has 0 saturated carbocycles. The third kappa shape index (κ3) is 3.80. The number of nitrogen functional groups attached to an aromatic ring is 1. The number of hydrogen-bond acceptors (Lipinski definition) is 4. The van der Waals surface area contributed by atoms with Crippen molar-refractivity contribution >= 4 is 34.9 Å². The number of esters is 1. The Morgan fingerprint density at radius 3 is 2.48 bits per heavy atom. The molecule has 0 saturated heterocycles. The lowest BCUT2D eigenvalue weighted by Gasteiger charge is -2.12. The molecular weight excluding hydrogens is 313 g/mol. The summed E-state index contributed by atoms with van der Waals surface area (Å²) in [5.41, 5.74) is 7.08.